The van der Waals surface area contributed by atoms with Crippen LogP contribution >= 0.6 is 0 Å². The van der Waals surface area contributed by atoms with E-state index in [9.17, 15) is 0 Å². The fourth-order valence-electron chi connectivity index (χ4n) is 4.38. The first-order chi connectivity index (χ1) is 15.6. The minimum absolute atomic E-state index is 0.591. The molecule has 1 aromatic carbocycles. The lowest BCUT2D eigenvalue weighted by Gasteiger charge is -2.28. The summed E-state index contributed by atoms with van der Waals surface area (Å²) < 4.78 is 0. The first-order valence-corrected chi connectivity index (χ1v) is 11.7. The number of nitrogens with zero attached hydrogens (tertiary/aromatic N) is 3. The number of hydrogen-bond donors (Lipinski definition) is 1. The van der Waals surface area contributed by atoms with Crippen molar-refractivity contribution in [1.82, 2.24) is 14.9 Å². The van der Waals surface area contributed by atoms with Gasteiger partial charge in [-0.05, 0) is 87.3 Å². The van der Waals surface area contributed by atoms with Crippen molar-refractivity contribution in [2.45, 2.75) is 45.4 Å². The Morgan fingerprint density at radius 1 is 1.03 bits per heavy atom. The molecule has 0 amide bonds. The Morgan fingerprint density at radius 3 is 2.47 bits per heavy atom. The molecule has 166 valence electrons. The molecular weight excluding hydrogens is 392 g/mol. The van der Waals surface area contributed by atoms with Gasteiger partial charge in [-0.1, -0.05) is 37.3 Å². The van der Waals surface area contributed by atoms with Gasteiger partial charge < -0.3 is 10.2 Å². The molecule has 32 heavy (non-hydrogen) atoms. The van der Waals surface area contributed by atoms with E-state index in [0.717, 1.165) is 37.3 Å². The molecule has 1 fully saturated rings. The Labute approximate surface area is 192 Å². The molecule has 4 rings (SSSR count). The maximum atomic E-state index is 4.79. The van der Waals surface area contributed by atoms with Crippen molar-refractivity contribution in [3.05, 3.63) is 89.6 Å². The zero-order chi connectivity index (χ0) is 22.3. The third-order valence-corrected chi connectivity index (χ3v) is 6.26. The van der Waals surface area contributed by atoms with Gasteiger partial charge in [-0.2, -0.15) is 0 Å². The second kappa shape index (κ2) is 10.6. The number of pyridine rings is 2. The Balaban J connectivity index is 1.40. The van der Waals surface area contributed by atoms with Crippen LogP contribution in [0.15, 0.2) is 72.7 Å². The van der Waals surface area contributed by atoms with Crippen molar-refractivity contribution >= 4 is 5.69 Å². The van der Waals surface area contributed by atoms with Crippen LogP contribution in [-0.4, -0.2) is 35.0 Å². The lowest BCUT2D eigenvalue weighted by atomic mass is 9.93. The zero-order valence-electron chi connectivity index (χ0n) is 19.5. The molecule has 3 heterocycles. The van der Waals surface area contributed by atoms with Gasteiger partial charge in [0, 0.05) is 35.6 Å². The Morgan fingerprint density at radius 2 is 1.81 bits per heavy atom. The first-order valence-electron chi connectivity index (χ1n) is 11.7. The summed E-state index contributed by atoms with van der Waals surface area (Å²) in [5, 5.41) is 3.60. The van der Waals surface area contributed by atoms with E-state index in [1.54, 1.807) is 0 Å². The summed E-state index contributed by atoms with van der Waals surface area (Å²) in [6.45, 7) is 6.53. The molecule has 2 aromatic heterocycles. The van der Waals surface area contributed by atoms with E-state index < -0.39 is 0 Å². The Bertz CT molecular complexity index is 1030. The van der Waals surface area contributed by atoms with Crippen molar-refractivity contribution in [3.63, 3.8) is 0 Å². The van der Waals surface area contributed by atoms with Crippen LogP contribution in [0.3, 0.4) is 0 Å². The number of anilines is 1. The maximum Gasteiger partial charge on any atom is 0.0568 e. The second-order valence-corrected chi connectivity index (χ2v) is 8.87. The minimum atomic E-state index is 0.591. The number of allylic oxidation sites excluding steroid dienone is 2. The number of hydrogen-bond acceptors (Lipinski definition) is 4. The van der Waals surface area contributed by atoms with Gasteiger partial charge in [0.15, 0.2) is 0 Å². The quantitative estimate of drug-likeness (QED) is 0.488. The standard InChI is InChI=1S/C28H34N4/c1-4-5-26(19-22-6-8-23(9-7-22)25-12-15-29-21(2)18-25)31-27-10-11-28(30-20-27)24-13-16-32(3)17-14-24/h5-12,15,18,20,24,31H,4,13-14,16-17,19H2,1-3H3/b26-5-. The predicted molar refractivity (Wildman–Crippen MR) is 134 cm³/mol. The van der Waals surface area contributed by atoms with Crippen LogP contribution in [0, 0.1) is 6.92 Å². The maximum absolute atomic E-state index is 4.79. The molecule has 1 aliphatic rings. The van der Waals surface area contributed by atoms with Crippen molar-refractivity contribution in [2.24, 2.45) is 0 Å². The fourth-order valence-corrected chi connectivity index (χ4v) is 4.38. The number of rotatable bonds is 7. The third-order valence-electron chi connectivity index (χ3n) is 6.26. The highest BCUT2D eigenvalue weighted by molar-refractivity contribution is 5.63. The van der Waals surface area contributed by atoms with Crippen molar-refractivity contribution < 1.29 is 0 Å². The van der Waals surface area contributed by atoms with Crippen LogP contribution in [0.25, 0.3) is 11.1 Å². The minimum Gasteiger partial charge on any atom is -0.358 e. The van der Waals surface area contributed by atoms with Gasteiger partial charge in [-0.3, -0.25) is 9.97 Å². The number of nitrogens with one attached hydrogen (secondary N) is 1. The molecule has 1 N–H and O–H groups in total. The van der Waals surface area contributed by atoms with Gasteiger partial charge in [-0.15, -0.1) is 0 Å². The van der Waals surface area contributed by atoms with Crippen molar-refractivity contribution in [1.29, 1.82) is 0 Å². The highest BCUT2D eigenvalue weighted by atomic mass is 15.1. The second-order valence-electron chi connectivity index (χ2n) is 8.87. The van der Waals surface area contributed by atoms with Crippen molar-refractivity contribution in [3.8, 4) is 11.1 Å². The first kappa shape index (κ1) is 22.2. The van der Waals surface area contributed by atoms with E-state index in [2.05, 4.69) is 83.8 Å². The molecule has 0 bridgehead atoms. The molecule has 0 unspecified atom stereocenters. The zero-order valence-corrected chi connectivity index (χ0v) is 19.5. The largest absolute Gasteiger partial charge is 0.358 e. The Kier molecular flexibility index (Phi) is 7.33. The van der Waals surface area contributed by atoms with Crippen molar-refractivity contribution in [2.75, 3.05) is 25.5 Å². The normalized spacial score (nSPS) is 15.7. The topological polar surface area (TPSA) is 41.1 Å². The number of likely N-dealkylation sites (tertiary alicyclic amines) is 1. The van der Waals surface area contributed by atoms with Crippen LogP contribution in [-0.2, 0) is 6.42 Å². The van der Waals surface area contributed by atoms with Gasteiger partial charge in [0.25, 0.3) is 0 Å². The highest BCUT2D eigenvalue weighted by Gasteiger charge is 2.19. The molecule has 0 atom stereocenters. The lowest BCUT2D eigenvalue weighted by molar-refractivity contribution is 0.253. The molecule has 0 saturated carbocycles. The number of benzene rings is 1. The van der Waals surface area contributed by atoms with Crippen LogP contribution in [0.5, 0.6) is 0 Å². The summed E-state index contributed by atoms with van der Waals surface area (Å²) in [5.74, 6) is 0.591. The smallest absolute Gasteiger partial charge is 0.0568 e. The van der Waals surface area contributed by atoms with Gasteiger partial charge in [-0.25, -0.2) is 0 Å². The summed E-state index contributed by atoms with van der Waals surface area (Å²) >= 11 is 0. The molecule has 1 saturated heterocycles. The summed E-state index contributed by atoms with van der Waals surface area (Å²) in [6.07, 6.45) is 10.4. The molecule has 0 spiro atoms. The molecule has 4 nitrogen and oxygen atoms in total. The number of aryl methyl sites for hydroxylation is 1. The Hall–Kier alpha value is -2.98. The average molecular weight is 427 g/mol. The third kappa shape index (κ3) is 5.83. The SMILES string of the molecule is CC/C=C(/Cc1ccc(-c2ccnc(C)c2)cc1)Nc1ccc(C2CCN(C)CC2)nc1. The van der Waals surface area contributed by atoms with E-state index in [1.807, 2.05) is 19.3 Å². The highest BCUT2D eigenvalue weighted by Crippen LogP contribution is 2.27. The van der Waals surface area contributed by atoms with Crippen LogP contribution in [0.2, 0.25) is 0 Å². The van der Waals surface area contributed by atoms with Gasteiger partial charge in [0.2, 0.25) is 0 Å². The summed E-state index contributed by atoms with van der Waals surface area (Å²) in [6, 6.07) is 17.4. The van der Waals surface area contributed by atoms with Crippen LogP contribution < -0.4 is 5.32 Å². The molecule has 3 aromatic rings. The van der Waals surface area contributed by atoms with Crippen LogP contribution in [0.1, 0.15) is 49.1 Å². The van der Waals surface area contributed by atoms with E-state index in [0.29, 0.717) is 5.92 Å². The number of piperidine rings is 1. The molecule has 0 aliphatic carbocycles. The molecule has 0 radical (unpaired) electrons. The molecular formula is C28H34N4. The molecule has 4 heteroatoms. The monoisotopic (exact) mass is 426 g/mol. The lowest BCUT2D eigenvalue weighted by Crippen LogP contribution is -2.29. The van der Waals surface area contributed by atoms with Crippen LogP contribution in [0.4, 0.5) is 5.69 Å². The number of aromatic nitrogens is 2. The van der Waals surface area contributed by atoms with Gasteiger partial charge >= 0.3 is 0 Å². The summed E-state index contributed by atoms with van der Waals surface area (Å²) in [5.41, 5.74) is 8.27. The van der Waals surface area contributed by atoms with E-state index in [-0.39, 0.29) is 0 Å². The van der Waals surface area contributed by atoms with Gasteiger partial charge in [0.1, 0.15) is 0 Å². The van der Waals surface area contributed by atoms with E-state index >= 15 is 0 Å². The van der Waals surface area contributed by atoms with E-state index in [4.69, 9.17) is 4.98 Å². The predicted octanol–water partition coefficient (Wildman–Crippen LogP) is 6.21. The fraction of sp³-hybridized carbons (Fsp3) is 0.357. The molecule has 1 aliphatic heterocycles. The van der Waals surface area contributed by atoms with E-state index in [1.165, 1.54) is 40.9 Å². The average Bonchev–Trinajstić information content (AvgIpc) is 2.81. The summed E-state index contributed by atoms with van der Waals surface area (Å²) in [7, 11) is 2.20. The summed E-state index contributed by atoms with van der Waals surface area (Å²) in [4.78, 5) is 11.5. The van der Waals surface area contributed by atoms with Gasteiger partial charge in [0.05, 0.1) is 11.9 Å².